The van der Waals surface area contributed by atoms with Crippen LogP contribution in [0.2, 0.25) is 0 Å². The minimum absolute atomic E-state index is 0.00647. The molecule has 3 rings (SSSR count). The average Bonchev–Trinajstić information content (AvgIpc) is 2.92. The molecule has 0 spiro atoms. The third kappa shape index (κ3) is 3.20. The van der Waals surface area contributed by atoms with E-state index in [9.17, 15) is 10.2 Å². The van der Waals surface area contributed by atoms with Gasteiger partial charge in [0, 0.05) is 23.7 Å². The molecule has 0 saturated carbocycles. The van der Waals surface area contributed by atoms with Crippen molar-refractivity contribution in [3.05, 3.63) is 39.6 Å². The van der Waals surface area contributed by atoms with Crippen LogP contribution < -0.4 is 0 Å². The zero-order valence-electron chi connectivity index (χ0n) is 12.0. The molecule has 0 aliphatic carbocycles. The van der Waals surface area contributed by atoms with E-state index in [4.69, 9.17) is 0 Å². The highest BCUT2D eigenvalue weighted by molar-refractivity contribution is 7.98. The summed E-state index contributed by atoms with van der Waals surface area (Å²) in [7, 11) is 2.12. The fraction of sp³-hybridized carbons (Fsp3) is 0.375. The molecule has 1 aliphatic rings. The Balaban J connectivity index is 1.92. The number of thioether (sulfide) groups is 1. The van der Waals surface area contributed by atoms with Crippen LogP contribution in [-0.2, 0) is 18.6 Å². The summed E-state index contributed by atoms with van der Waals surface area (Å²) in [5.74, 6) is 0.878. The van der Waals surface area contributed by atoms with Crippen molar-refractivity contribution in [2.45, 2.75) is 23.5 Å². The molecular formula is C16H19NO2S2. The van der Waals surface area contributed by atoms with E-state index in [-0.39, 0.29) is 11.5 Å². The standard InChI is InChI=1S/C16H19NO2S2/c1-17-6-4-11-9-14(18)15(19)16(13(11)5-7-17)21-10-12-3-2-8-20-12/h2-3,8-9,18-19H,4-7,10H2,1H3. The highest BCUT2D eigenvalue weighted by atomic mass is 32.2. The number of hydrogen-bond acceptors (Lipinski definition) is 5. The normalized spacial score (nSPS) is 15.7. The Labute approximate surface area is 133 Å². The van der Waals surface area contributed by atoms with Crippen LogP contribution in [0.3, 0.4) is 0 Å². The van der Waals surface area contributed by atoms with Crippen LogP contribution in [0.1, 0.15) is 16.0 Å². The molecule has 1 aliphatic heterocycles. The molecule has 0 fully saturated rings. The molecule has 3 nitrogen and oxygen atoms in total. The lowest BCUT2D eigenvalue weighted by Gasteiger charge is -2.15. The van der Waals surface area contributed by atoms with Crippen molar-refractivity contribution in [1.29, 1.82) is 0 Å². The van der Waals surface area contributed by atoms with Crippen LogP contribution in [0.15, 0.2) is 28.5 Å². The molecule has 0 radical (unpaired) electrons. The minimum atomic E-state index is 0.00647. The van der Waals surface area contributed by atoms with Crippen molar-refractivity contribution in [3.63, 3.8) is 0 Å². The van der Waals surface area contributed by atoms with E-state index >= 15 is 0 Å². The van der Waals surface area contributed by atoms with Crippen LogP contribution in [0.4, 0.5) is 0 Å². The van der Waals surface area contributed by atoms with Gasteiger partial charge in [0.1, 0.15) is 0 Å². The number of hydrogen-bond donors (Lipinski definition) is 2. The molecule has 0 amide bonds. The molecule has 1 aromatic heterocycles. The minimum Gasteiger partial charge on any atom is -0.504 e. The van der Waals surface area contributed by atoms with Gasteiger partial charge in [-0.05, 0) is 48.5 Å². The lowest BCUT2D eigenvalue weighted by Crippen LogP contribution is -2.20. The molecule has 0 bridgehead atoms. The maximum absolute atomic E-state index is 10.3. The van der Waals surface area contributed by atoms with E-state index in [0.29, 0.717) is 0 Å². The quantitative estimate of drug-likeness (QED) is 0.671. The number of thiophene rings is 1. The van der Waals surface area contributed by atoms with Crippen molar-refractivity contribution in [1.82, 2.24) is 4.90 Å². The van der Waals surface area contributed by atoms with Crippen molar-refractivity contribution in [2.24, 2.45) is 0 Å². The molecule has 0 saturated heterocycles. The van der Waals surface area contributed by atoms with E-state index in [0.717, 1.165) is 36.6 Å². The van der Waals surface area contributed by atoms with Crippen molar-refractivity contribution in [3.8, 4) is 11.5 Å². The number of aromatic hydroxyl groups is 2. The number of fused-ring (bicyclic) bond motifs is 1. The van der Waals surface area contributed by atoms with E-state index < -0.39 is 0 Å². The van der Waals surface area contributed by atoms with Gasteiger partial charge in [-0.25, -0.2) is 0 Å². The summed E-state index contributed by atoms with van der Waals surface area (Å²) in [4.78, 5) is 4.43. The summed E-state index contributed by atoms with van der Waals surface area (Å²) in [6.07, 6.45) is 1.85. The Morgan fingerprint density at radius 1 is 1.29 bits per heavy atom. The lowest BCUT2D eigenvalue weighted by molar-refractivity contribution is 0.352. The van der Waals surface area contributed by atoms with Gasteiger partial charge in [0.25, 0.3) is 0 Å². The van der Waals surface area contributed by atoms with E-state index in [1.165, 1.54) is 16.0 Å². The Bertz CT molecular complexity index is 626. The van der Waals surface area contributed by atoms with Crippen molar-refractivity contribution < 1.29 is 10.2 Å². The first kappa shape index (κ1) is 14.8. The van der Waals surface area contributed by atoms with Crippen LogP contribution in [-0.4, -0.2) is 35.3 Å². The summed E-state index contributed by atoms with van der Waals surface area (Å²) in [5, 5.41) is 22.3. The van der Waals surface area contributed by atoms with E-state index in [2.05, 4.69) is 23.4 Å². The zero-order chi connectivity index (χ0) is 14.8. The fourth-order valence-corrected chi connectivity index (χ4v) is 4.61. The number of rotatable bonds is 3. The molecular weight excluding hydrogens is 302 g/mol. The lowest BCUT2D eigenvalue weighted by atomic mass is 10.0. The number of nitrogens with zero attached hydrogens (tertiary/aromatic N) is 1. The third-order valence-electron chi connectivity index (χ3n) is 3.88. The maximum atomic E-state index is 10.3. The Morgan fingerprint density at radius 2 is 2.10 bits per heavy atom. The zero-order valence-corrected chi connectivity index (χ0v) is 13.6. The first-order chi connectivity index (χ1) is 10.1. The molecule has 0 atom stereocenters. The van der Waals surface area contributed by atoms with Gasteiger partial charge in [0.2, 0.25) is 0 Å². The largest absolute Gasteiger partial charge is 0.504 e. The number of benzene rings is 1. The van der Waals surface area contributed by atoms with E-state index in [1.54, 1.807) is 29.2 Å². The number of likely N-dealkylation sites (N-methyl/N-ethyl adjacent to an activating group) is 1. The smallest absolute Gasteiger partial charge is 0.171 e. The summed E-state index contributed by atoms with van der Waals surface area (Å²) in [6, 6.07) is 5.88. The first-order valence-corrected chi connectivity index (χ1v) is 8.92. The average molecular weight is 321 g/mol. The molecule has 2 heterocycles. The third-order valence-corrected chi connectivity index (χ3v) is 6.12. The Hall–Kier alpha value is -1.17. The molecule has 2 aromatic rings. The predicted molar refractivity (Wildman–Crippen MR) is 88.6 cm³/mol. The van der Waals surface area contributed by atoms with Gasteiger partial charge in [0.15, 0.2) is 11.5 Å². The van der Waals surface area contributed by atoms with Gasteiger partial charge in [-0.2, -0.15) is 0 Å². The molecule has 2 N–H and O–H groups in total. The molecule has 112 valence electrons. The van der Waals surface area contributed by atoms with Gasteiger partial charge < -0.3 is 15.1 Å². The van der Waals surface area contributed by atoms with Gasteiger partial charge in [-0.15, -0.1) is 23.1 Å². The van der Waals surface area contributed by atoms with Crippen LogP contribution in [0.25, 0.3) is 0 Å². The topological polar surface area (TPSA) is 43.7 Å². The maximum Gasteiger partial charge on any atom is 0.171 e. The van der Waals surface area contributed by atoms with Gasteiger partial charge in [-0.1, -0.05) is 6.07 Å². The van der Waals surface area contributed by atoms with Gasteiger partial charge >= 0.3 is 0 Å². The summed E-state index contributed by atoms with van der Waals surface area (Å²) >= 11 is 3.35. The van der Waals surface area contributed by atoms with Crippen LogP contribution in [0, 0.1) is 0 Å². The first-order valence-electron chi connectivity index (χ1n) is 7.05. The van der Waals surface area contributed by atoms with Crippen molar-refractivity contribution >= 4 is 23.1 Å². The van der Waals surface area contributed by atoms with Gasteiger partial charge in [0.05, 0.1) is 4.90 Å². The summed E-state index contributed by atoms with van der Waals surface area (Å²) in [5.41, 5.74) is 2.37. The predicted octanol–water partition coefficient (Wildman–Crippen LogP) is 3.48. The van der Waals surface area contributed by atoms with Gasteiger partial charge in [-0.3, -0.25) is 0 Å². The highest BCUT2D eigenvalue weighted by Gasteiger charge is 2.20. The van der Waals surface area contributed by atoms with Crippen molar-refractivity contribution in [2.75, 3.05) is 20.1 Å². The fourth-order valence-electron chi connectivity index (χ4n) is 2.64. The summed E-state index contributed by atoms with van der Waals surface area (Å²) < 4.78 is 0. The molecule has 5 heteroatoms. The number of phenols is 2. The number of phenolic OH excluding ortho intramolecular Hbond substituents is 2. The highest BCUT2D eigenvalue weighted by Crippen LogP contribution is 2.43. The molecule has 1 aromatic carbocycles. The second-order valence-corrected chi connectivity index (χ2v) is 7.40. The van der Waals surface area contributed by atoms with Crippen LogP contribution in [0.5, 0.6) is 11.5 Å². The van der Waals surface area contributed by atoms with Crippen LogP contribution >= 0.6 is 23.1 Å². The van der Waals surface area contributed by atoms with E-state index in [1.807, 2.05) is 6.07 Å². The summed E-state index contributed by atoms with van der Waals surface area (Å²) in [6.45, 7) is 1.98. The second-order valence-electron chi connectivity index (χ2n) is 5.38. The monoisotopic (exact) mass is 321 g/mol. The SMILES string of the molecule is CN1CCc2cc(O)c(O)c(SCc3cccs3)c2CC1. The Morgan fingerprint density at radius 3 is 2.86 bits per heavy atom. The molecule has 21 heavy (non-hydrogen) atoms. The Kier molecular flexibility index (Phi) is 4.42. The second kappa shape index (κ2) is 6.30. The molecule has 0 unspecified atom stereocenters.